The maximum Gasteiger partial charge on any atom is 0.335 e. The van der Waals surface area contributed by atoms with E-state index in [9.17, 15) is 9.59 Å². The van der Waals surface area contributed by atoms with Gasteiger partial charge < -0.3 is 10.0 Å². The van der Waals surface area contributed by atoms with Crippen molar-refractivity contribution >= 4 is 11.9 Å². The van der Waals surface area contributed by atoms with Crippen LogP contribution < -0.4 is 0 Å². The van der Waals surface area contributed by atoms with Gasteiger partial charge in [-0.1, -0.05) is 19.1 Å². The van der Waals surface area contributed by atoms with Crippen LogP contribution in [0.3, 0.4) is 0 Å². The lowest BCUT2D eigenvalue weighted by Gasteiger charge is -2.37. The lowest BCUT2D eigenvalue weighted by atomic mass is 9.94. The molecule has 2 rings (SSSR count). The van der Waals surface area contributed by atoms with Gasteiger partial charge in [0.15, 0.2) is 0 Å². The fraction of sp³-hybridized carbons (Fsp3) is 0.529. The SMILES string of the molecule is C[C@@H]1CC[C@H](C)N(C(=O)CCc2ccc(C(=O)O)cc2)C1. The molecule has 1 fully saturated rings. The van der Waals surface area contributed by atoms with Gasteiger partial charge in [-0.05, 0) is 49.8 Å². The molecule has 1 saturated heterocycles. The van der Waals surface area contributed by atoms with Crippen LogP contribution in [0.1, 0.15) is 49.0 Å². The number of benzene rings is 1. The van der Waals surface area contributed by atoms with Crippen LogP contribution in [0.4, 0.5) is 0 Å². The summed E-state index contributed by atoms with van der Waals surface area (Å²) in [6, 6.07) is 7.10. The molecule has 0 radical (unpaired) electrons. The Morgan fingerprint density at radius 3 is 2.48 bits per heavy atom. The average molecular weight is 289 g/mol. The first-order valence-corrected chi connectivity index (χ1v) is 7.59. The number of aryl methyl sites for hydroxylation is 1. The largest absolute Gasteiger partial charge is 0.478 e. The van der Waals surface area contributed by atoms with Crippen LogP contribution in [0.25, 0.3) is 0 Å². The van der Waals surface area contributed by atoms with Gasteiger partial charge in [0.05, 0.1) is 5.56 Å². The Balaban J connectivity index is 1.89. The summed E-state index contributed by atoms with van der Waals surface area (Å²) in [5.74, 6) is -0.134. The van der Waals surface area contributed by atoms with E-state index in [1.807, 2.05) is 4.90 Å². The van der Waals surface area contributed by atoms with E-state index in [0.29, 0.717) is 24.8 Å². The van der Waals surface area contributed by atoms with Crippen molar-refractivity contribution in [3.63, 3.8) is 0 Å². The van der Waals surface area contributed by atoms with Crippen molar-refractivity contribution in [2.75, 3.05) is 6.54 Å². The Morgan fingerprint density at radius 2 is 1.86 bits per heavy atom. The molecule has 1 aromatic carbocycles. The van der Waals surface area contributed by atoms with Gasteiger partial charge in [0.2, 0.25) is 5.91 Å². The molecule has 1 aliphatic heterocycles. The predicted molar refractivity (Wildman–Crippen MR) is 81.3 cm³/mol. The van der Waals surface area contributed by atoms with E-state index in [0.717, 1.165) is 18.5 Å². The minimum atomic E-state index is -0.922. The third-order valence-corrected chi connectivity index (χ3v) is 4.27. The van der Waals surface area contributed by atoms with Crippen molar-refractivity contribution in [3.8, 4) is 0 Å². The molecular formula is C17H23NO3. The molecule has 1 aliphatic rings. The number of nitrogens with zero attached hydrogens (tertiary/aromatic N) is 1. The van der Waals surface area contributed by atoms with Gasteiger partial charge in [-0.2, -0.15) is 0 Å². The summed E-state index contributed by atoms with van der Waals surface area (Å²) in [6.07, 6.45) is 3.43. The highest BCUT2D eigenvalue weighted by atomic mass is 16.4. The van der Waals surface area contributed by atoms with Crippen molar-refractivity contribution in [1.82, 2.24) is 4.90 Å². The Morgan fingerprint density at radius 1 is 1.19 bits per heavy atom. The number of carbonyl (C=O) groups excluding carboxylic acids is 1. The highest BCUT2D eigenvalue weighted by Crippen LogP contribution is 2.22. The standard InChI is InChI=1S/C17H23NO3/c1-12-3-4-13(2)18(11-12)16(19)10-7-14-5-8-15(9-6-14)17(20)21/h5-6,8-9,12-13H,3-4,7,10-11H2,1-2H3,(H,20,21)/t12-,13+/m1/s1. The molecule has 0 bridgehead atoms. The first-order chi connectivity index (χ1) is 9.97. The van der Waals surface area contributed by atoms with Crippen LogP contribution in [0.5, 0.6) is 0 Å². The number of aromatic carboxylic acids is 1. The van der Waals surface area contributed by atoms with Crippen LogP contribution in [-0.4, -0.2) is 34.5 Å². The third kappa shape index (κ3) is 4.06. The summed E-state index contributed by atoms with van der Waals surface area (Å²) in [5, 5.41) is 8.86. The summed E-state index contributed by atoms with van der Waals surface area (Å²) in [5.41, 5.74) is 1.29. The molecule has 21 heavy (non-hydrogen) atoms. The number of carboxylic acids is 1. The molecule has 4 heteroatoms. The van der Waals surface area contributed by atoms with E-state index in [-0.39, 0.29) is 11.5 Å². The molecule has 0 unspecified atom stereocenters. The van der Waals surface area contributed by atoms with Crippen molar-refractivity contribution in [2.24, 2.45) is 5.92 Å². The van der Waals surface area contributed by atoms with Crippen molar-refractivity contribution in [2.45, 2.75) is 45.6 Å². The smallest absolute Gasteiger partial charge is 0.335 e. The van der Waals surface area contributed by atoms with E-state index in [1.54, 1.807) is 24.3 Å². The Labute approximate surface area is 125 Å². The van der Waals surface area contributed by atoms with Crippen LogP contribution in [0.15, 0.2) is 24.3 Å². The van der Waals surface area contributed by atoms with Gasteiger partial charge in [0.1, 0.15) is 0 Å². The maximum absolute atomic E-state index is 12.3. The molecule has 1 heterocycles. The third-order valence-electron chi connectivity index (χ3n) is 4.27. The quantitative estimate of drug-likeness (QED) is 0.927. The minimum Gasteiger partial charge on any atom is -0.478 e. The highest BCUT2D eigenvalue weighted by Gasteiger charge is 2.26. The molecule has 0 spiro atoms. The number of rotatable bonds is 4. The lowest BCUT2D eigenvalue weighted by molar-refractivity contribution is -0.135. The van der Waals surface area contributed by atoms with Crippen LogP contribution in [0, 0.1) is 5.92 Å². The lowest BCUT2D eigenvalue weighted by Crippen LogP contribution is -2.45. The molecule has 0 saturated carbocycles. The van der Waals surface area contributed by atoms with Crippen LogP contribution in [0.2, 0.25) is 0 Å². The first kappa shape index (κ1) is 15.5. The van der Waals surface area contributed by atoms with Gasteiger partial charge in [0, 0.05) is 19.0 Å². The van der Waals surface area contributed by atoms with E-state index in [2.05, 4.69) is 13.8 Å². The first-order valence-electron chi connectivity index (χ1n) is 7.59. The van der Waals surface area contributed by atoms with E-state index in [1.165, 1.54) is 6.42 Å². The van der Waals surface area contributed by atoms with E-state index in [4.69, 9.17) is 5.11 Å². The zero-order chi connectivity index (χ0) is 15.4. The fourth-order valence-electron chi connectivity index (χ4n) is 2.85. The molecule has 1 N–H and O–H groups in total. The summed E-state index contributed by atoms with van der Waals surface area (Å²) in [6.45, 7) is 5.17. The van der Waals surface area contributed by atoms with Crippen molar-refractivity contribution in [1.29, 1.82) is 0 Å². The molecule has 2 atom stereocenters. The van der Waals surface area contributed by atoms with Crippen LogP contribution >= 0.6 is 0 Å². The van der Waals surface area contributed by atoms with Gasteiger partial charge in [-0.15, -0.1) is 0 Å². The normalized spacial score (nSPS) is 22.1. The Kier molecular flexibility index (Phi) is 4.99. The number of piperidine rings is 1. The number of carboxylic acid groups (broad SMARTS) is 1. The van der Waals surface area contributed by atoms with Gasteiger partial charge in [0.25, 0.3) is 0 Å². The summed E-state index contributed by atoms with van der Waals surface area (Å²) < 4.78 is 0. The number of hydrogen-bond donors (Lipinski definition) is 1. The fourth-order valence-corrected chi connectivity index (χ4v) is 2.85. The second kappa shape index (κ2) is 6.74. The number of carbonyl (C=O) groups is 2. The molecule has 0 aromatic heterocycles. The number of amides is 1. The molecular weight excluding hydrogens is 266 g/mol. The Bertz CT molecular complexity index is 509. The topological polar surface area (TPSA) is 57.6 Å². The maximum atomic E-state index is 12.3. The van der Waals surface area contributed by atoms with E-state index >= 15 is 0 Å². The number of hydrogen-bond acceptors (Lipinski definition) is 2. The summed E-state index contributed by atoms with van der Waals surface area (Å²) >= 11 is 0. The van der Waals surface area contributed by atoms with Gasteiger partial charge in [-0.3, -0.25) is 4.79 Å². The zero-order valence-corrected chi connectivity index (χ0v) is 12.7. The molecule has 114 valence electrons. The average Bonchev–Trinajstić information content (AvgIpc) is 2.47. The minimum absolute atomic E-state index is 0.205. The van der Waals surface area contributed by atoms with E-state index < -0.39 is 5.97 Å². The molecule has 0 aliphatic carbocycles. The second-order valence-electron chi connectivity index (χ2n) is 6.08. The molecule has 1 amide bonds. The van der Waals surface area contributed by atoms with Gasteiger partial charge >= 0.3 is 5.97 Å². The van der Waals surface area contributed by atoms with Crippen molar-refractivity contribution < 1.29 is 14.7 Å². The zero-order valence-electron chi connectivity index (χ0n) is 12.7. The van der Waals surface area contributed by atoms with Crippen LogP contribution in [-0.2, 0) is 11.2 Å². The monoisotopic (exact) mass is 289 g/mol. The Hall–Kier alpha value is -1.84. The number of likely N-dealkylation sites (tertiary alicyclic amines) is 1. The molecule has 1 aromatic rings. The van der Waals surface area contributed by atoms with Crippen molar-refractivity contribution in [3.05, 3.63) is 35.4 Å². The molecule has 4 nitrogen and oxygen atoms in total. The van der Waals surface area contributed by atoms with Gasteiger partial charge in [-0.25, -0.2) is 4.79 Å². The predicted octanol–water partition coefficient (Wildman–Crippen LogP) is 2.96. The highest BCUT2D eigenvalue weighted by molar-refractivity contribution is 5.87. The summed E-state index contributed by atoms with van der Waals surface area (Å²) in [7, 11) is 0. The summed E-state index contributed by atoms with van der Waals surface area (Å²) in [4.78, 5) is 25.1. The second-order valence-corrected chi connectivity index (χ2v) is 6.08.